The van der Waals surface area contributed by atoms with Gasteiger partial charge in [-0.15, -0.1) is 0 Å². The Morgan fingerprint density at radius 2 is 2.25 bits per heavy atom. The van der Waals surface area contributed by atoms with Crippen LogP contribution in [0.25, 0.3) is 0 Å². The van der Waals surface area contributed by atoms with Crippen molar-refractivity contribution in [2.45, 2.75) is 25.5 Å². The van der Waals surface area contributed by atoms with Crippen LogP contribution in [0.15, 0.2) is 29.2 Å². The van der Waals surface area contributed by atoms with Gasteiger partial charge in [0.05, 0.1) is 6.10 Å². The van der Waals surface area contributed by atoms with Crippen molar-refractivity contribution < 1.29 is 5.11 Å². The maximum absolute atomic E-state index is 11.5. The van der Waals surface area contributed by atoms with Crippen molar-refractivity contribution in [3.05, 3.63) is 34.7 Å². The highest BCUT2D eigenvalue weighted by Crippen LogP contribution is 2.09. The summed E-state index contributed by atoms with van der Waals surface area (Å²) in [6.07, 6.45) is 3.57. The second-order valence-corrected chi connectivity index (χ2v) is 4.33. The lowest BCUT2D eigenvalue weighted by molar-refractivity contribution is 0.0688. The molecule has 1 fully saturated rings. The zero-order valence-electron chi connectivity index (χ0n) is 9.38. The fraction of sp³-hybridized carbons (Fsp3) is 0.583. The lowest BCUT2D eigenvalue weighted by atomic mass is 10.1. The number of aliphatic hydroxyl groups excluding tert-OH is 1. The molecule has 1 aromatic heterocycles. The highest BCUT2D eigenvalue weighted by Gasteiger charge is 2.16. The summed E-state index contributed by atoms with van der Waals surface area (Å²) in [6, 6.07) is 5.20. The molecule has 4 nitrogen and oxygen atoms in total. The van der Waals surface area contributed by atoms with Crippen molar-refractivity contribution in [2.24, 2.45) is 0 Å². The van der Waals surface area contributed by atoms with E-state index in [-0.39, 0.29) is 11.7 Å². The van der Waals surface area contributed by atoms with Crippen molar-refractivity contribution in [3.63, 3.8) is 0 Å². The van der Waals surface area contributed by atoms with Crippen molar-refractivity contribution in [1.29, 1.82) is 0 Å². The first-order valence-corrected chi connectivity index (χ1v) is 5.81. The Morgan fingerprint density at radius 3 is 3.00 bits per heavy atom. The summed E-state index contributed by atoms with van der Waals surface area (Å²) < 4.78 is 1.71. The van der Waals surface area contributed by atoms with E-state index < -0.39 is 0 Å². The van der Waals surface area contributed by atoms with E-state index in [1.807, 2.05) is 12.3 Å². The molecule has 1 aromatic rings. The number of rotatable bonds is 3. The molecule has 0 amide bonds. The number of piperidine rings is 1. The van der Waals surface area contributed by atoms with Crippen LogP contribution in [0.1, 0.15) is 12.8 Å². The van der Waals surface area contributed by atoms with E-state index in [4.69, 9.17) is 0 Å². The molecule has 1 aliphatic heterocycles. The predicted octanol–water partition coefficient (Wildman–Crippen LogP) is 0.305. The molecule has 0 aliphatic carbocycles. The third-order valence-electron chi connectivity index (χ3n) is 3.04. The molecule has 1 unspecified atom stereocenters. The minimum atomic E-state index is -0.193. The molecule has 0 bridgehead atoms. The van der Waals surface area contributed by atoms with Crippen LogP contribution in [0.4, 0.5) is 0 Å². The standard InChI is InChI=1S/C12H18N2O2/c15-11-4-3-6-13(10-11)8-9-14-7-2-1-5-12(14)16/h1-2,5,7,11,15H,3-4,6,8-10H2. The fourth-order valence-electron chi connectivity index (χ4n) is 2.13. The third kappa shape index (κ3) is 2.93. The van der Waals surface area contributed by atoms with Crippen LogP contribution in [0.2, 0.25) is 0 Å². The van der Waals surface area contributed by atoms with Crippen LogP contribution in [0.5, 0.6) is 0 Å². The van der Waals surface area contributed by atoms with Crippen LogP contribution < -0.4 is 5.56 Å². The lowest BCUT2D eigenvalue weighted by Crippen LogP contribution is -2.40. The van der Waals surface area contributed by atoms with E-state index in [9.17, 15) is 9.90 Å². The van der Waals surface area contributed by atoms with Gasteiger partial charge >= 0.3 is 0 Å². The van der Waals surface area contributed by atoms with E-state index in [0.717, 1.165) is 32.5 Å². The van der Waals surface area contributed by atoms with Gasteiger partial charge in [0.1, 0.15) is 0 Å². The molecule has 4 heteroatoms. The Morgan fingerprint density at radius 1 is 1.38 bits per heavy atom. The molecule has 1 atom stereocenters. The molecular formula is C12H18N2O2. The van der Waals surface area contributed by atoms with Crippen LogP contribution >= 0.6 is 0 Å². The Hall–Kier alpha value is -1.13. The second kappa shape index (κ2) is 5.27. The zero-order chi connectivity index (χ0) is 11.4. The van der Waals surface area contributed by atoms with Gasteiger partial charge in [0, 0.05) is 31.9 Å². The highest BCUT2D eigenvalue weighted by atomic mass is 16.3. The molecular weight excluding hydrogens is 204 g/mol. The molecule has 88 valence electrons. The van der Waals surface area contributed by atoms with Gasteiger partial charge in [-0.3, -0.25) is 9.69 Å². The molecule has 2 rings (SSSR count). The molecule has 0 aromatic carbocycles. The van der Waals surface area contributed by atoms with Gasteiger partial charge in [0.2, 0.25) is 0 Å². The maximum Gasteiger partial charge on any atom is 0.250 e. The van der Waals surface area contributed by atoms with E-state index in [1.54, 1.807) is 16.7 Å². The summed E-state index contributed by atoms with van der Waals surface area (Å²) in [4.78, 5) is 13.7. The van der Waals surface area contributed by atoms with Crippen molar-refractivity contribution >= 4 is 0 Å². The summed E-state index contributed by atoms with van der Waals surface area (Å²) in [6.45, 7) is 3.30. The topological polar surface area (TPSA) is 45.5 Å². The number of hydrogen-bond acceptors (Lipinski definition) is 3. The van der Waals surface area contributed by atoms with E-state index in [2.05, 4.69) is 4.90 Å². The molecule has 2 heterocycles. The maximum atomic E-state index is 11.5. The highest BCUT2D eigenvalue weighted by molar-refractivity contribution is 4.93. The molecule has 0 spiro atoms. The van der Waals surface area contributed by atoms with Gasteiger partial charge in [-0.1, -0.05) is 6.07 Å². The lowest BCUT2D eigenvalue weighted by Gasteiger charge is -2.29. The number of aromatic nitrogens is 1. The second-order valence-electron chi connectivity index (χ2n) is 4.33. The van der Waals surface area contributed by atoms with Gasteiger partial charge < -0.3 is 9.67 Å². The normalized spacial score (nSPS) is 22.2. The summed E-state index contributed by atoms with van der Waals surface area (Å²) in [5.41, 5.74) is 0.0417. The largest absolute Gasteiger partial charge is 0.392 e. The molecule has 1 aliphatic rings. The Labute approximate surface area is 95.1 Å². The van der Waals surface area contributed by atoms with Crippen molar-refractivity contribution in [2.75, 3.05) is 19.6 Å². The number of pyridine rings is 1. The van der Waals surface area contributed by atoms with Gasteiger partial charge in [-0.25, -0.2) is 0 Å². The van der Waals surface area contributed by atoms with Crippen LogP contribution in [-0.2, 0) is 6.54 Å². The average molecular weight is 222 g/mol. The smallest absolute Gasteiger partial charge is 0.250 e. The SMILES string of the molecule is O=c1ccccn1CCN1CCCC(O)C1. The minimum absolute atomic E-state index is 0.0417. The minimum Gasteiger partial charge on any atom is -0.392 e. The molecule has 0 saturated carbocycles. The summed E-state index contributed by atoms with van der Waals surface area (Å²) in [5.74, 6) is 0. The monoisotopic (exact) mass is 222 g/mol. The first-order chi connectivity index (χ1) is 7.75. The van der Waals surface area contributed by atoms with E-state index >= 15 is 0 Å². The average Bonchev–Trinajstić information content (AvgIpc) is 2.28. The third-order valence-corrected chi connectivity index (χ3v) is 3.04. The first-order valence-electron chi connectivity index (χ1n) is 5.81. The van der Waals surface area contributed by atoms with Gasteiger partial charge in [0.15, 0.2) is 0 Å². The Balaban J connectivity index is 1.87. The Kier molecular flexibility index (Phi) is 3.74. The fourth-order valence-corrected chi connectivity index (χ4v) is 2.13. The van der Waals surface area contributed by atoms with Gasteiger partial charge in [0.25, 0.3) is 5.56 Å². The van der Waals surface area contributed by atoms with E-state index in [0.29, 0.717) is 6.54 Å². The number of aliphatic hydroxyl groups is 1. The summed E-state index contributed by atoms with van der Waals surface area (Å²) in [7, 11) is 0. The van der Waals surface area contributed by atoms with E-state index in [1.165, 1.54) is 0 Å². The van der Waals surface area contributed by atoms with Crippen LogP contribution in [-0.4, -0.2) is 40.3 Å². The molecule has 16 heavy (non-hydrogen) atoms. The first kappa shape index (κ1) is 11.4. The van der Waals surface area contributed by atoms with Crippen LogP contribution in [0, 0.1) is 0 Å². The summed E-state index contributed by atoms with van der Waals surface area (Å²) in [5, 5.41) is 9.52. The summed E-state index contributed by atoms with van der Waals surface area (Å²) >= 11 is 0. The number of β-amino-alcohol motifs (C(OH)–C–C–N with tert-alkyl or cyclic N) is 1. The van der Waals surface area contributed by atoms with Gasteiger partial charge in [-0.2, -0.15) is 0 Å². The molecule has 1 saturated heterocycles. The van der Waals surface area contributed by atoms with Crippen molar-refractivity contribution in [3.8, 4) is 0 Å². The van der Waals surface area contributed by atoms with Crippen molar-refractivity contribution in [1.82, 2.24) is 9.47 Å². The number of likely N-dealkylation sites (tertiary alicyclic amines) is 1. The molecule has 0 radical (unpaired) electrons. The Bertz CT molecular complexity index is 389. The molecule has 1 N–H and O–H groups in total. The zero-order valence-corrected chi connectivity index (χ0v) is 9.38. The predicted molar refractivity (Wildman–Crippen MR) is 62.4 cm³/mol. The van der Waals surface area contributed by atoms with Gasteiger partial charge in [-0.05, 0) is 25.5 Å². The van der Waals surface area contributed by atoms with Crippen LogP contribution in [0.3, 0.4) is 0 Å². The quantitative estimate of drug-likeness (QED) is 0.800. The number of nitrogens with zero attached hydrogens (tertiary/aromatic N) is 2. The number of hydrogen-bond donors (Lipinski definition) is 1.